The predicted octanol–water partition coefficient (Wildman–Crippen LogP) is 3.69. The number of para-hydroxylation sites is 1. The van der Waals surface area contributed by atoms with Crippen molar-refractivity contribution >= 4 is 22.5 Å². The van der Waals surface area contributed by atoms with Gasteiger partial charge in [0.1, 0.15) is 10.8 Å². The highest BCUT2D eigenvalue weighted by molar-refractivity contribution is 6.32. The minimum Gasteiger partial charge on any atom is -0.300 e. The van der Waals surface area contributed by atoms with Crippen molar-refractivity contribution in [1.29, 1.82) is 0 Å². The van der Waals surface area contributed by atoms with Crippen LogP contribution in [0.1, 0.15) is 11.5 Å². The number of nitrogens with zero attached hydrogens (tertiary/aromatic N) is 3. The van der Waals surface area contributed by atoms with Crippen molar-refractivity contribution in [3.63, 3.8) is 0 Å². The molecule has 0 atom stereocenters. The highest BCUT2D eigenvalue weighted by Crippen LogP contribution is 2.25. The van der Waals surface area contributed by atoms with Crippen LogP contribution in [-0.4, -0.2) is 14.5 Å². The summed E-state index contributed by atoms with van der Waals surface area (Å²) in [4.78, 5) is 8.71. The summed E-state index contributed by atoms with van der Waals surface area (Å²) in [6.45, 7) is 3.77. The molecule has 0 aliphatic heterocycles. The molecule has 0 unspecified atom stereocenters. The molecule has 90 valence electrons. The molecule has 0 saturated carbocycles. The molecule has 4 heteroatoms. The molecule has 0 radical (unpaired) electrons. The Morgan fingerprint density at radius 2 is 1.83 bits per heavy atom. The normalized spacial score (nSPS) is 11.1. The Labute approximate surface area is 110 Å². The van der Waals surface area contributed by atoms with Crippen LogP contribution in [0.5, 0.6) is 0 Å². The van der Waals surface area contributed by atoms with Crippen LogP contribution in [0.4, 0.5) is 0 Å². The summed E-state index contributed by atoms with van der Waals surface area (Å²) in [5.74, 6) is 1.47. The van der Waals surface area contributed by atoms with E-state index in [0.29, 0.717) is 5.02 Å². The smallest absolute Gasteiger partial charge is 0.159 e. The first kappa shape index (κ1) is 11.2. The summed E-state index contributed by atoms with van der Waals surface area (Å²) in [5.41, 5.74) is 1.90. The zero-order chi connectivity index (χ0) is 12.7. The van der Waals surface area contributed by atoms with E-state index < -0.39 is 0 Å². The van der Waals surface area contributed by atoms with Gasteiger partial charge in [0.05, 0.1) is 11.2 Å². The number of aryl methyl sites for hydroxylation is 2. The molecule has 0 amide bonds. The molecule has 2 heterocycles. The SMILES string of the molecule is Cc1nc(C)c(Cl)c(-n2ccc3ccccc32)n1. The predicted molar refractivity (Wildman–Crippen MR) is 73.3 cm³/mol. The summed E-state index contributed by atoms with van der Waals surface area (Å²) in [7, 11) is 0. The van der Waals surface area contributed by atoms with Crippen molar-refractivity contribution in [2.24, 2.45) is 0 Å². The first-order chi connectivity index (χ1) is 8.66. The molecule has 0 aliphatic carbocycles. The molecule has 2 aromatic heterocycles. The fraction of sp³-hybridized carbons (Fsp3) is 0.143. The minimum atomic E-state index is 0.599. The monoisotopic (exact) mass is 257 g/mol. The maximum absolute atomic E-state index is 6.31. The van der Waals surface area contributed by atoms with Crippen molar-refractivity contribution in [1.82, 2.24) is 14.5 Å². The molecule has 18 heavy (non-hydrogen) atoms. The van der Waals surface area contributed by atoms with Crippen molar-refractivity contribution in [3.05, 3.63) is 53.1 Å². The van der Waals surface area contributed by atoms with Crippen LogP contribution >= 0.6 is 11.6 Å². The van der Waals surface area contributed by atoms with E-state index in [0.717, 1.165) is 22.9 Å². The Kier molecular flexibility index (Phi) is 2.56. The first-order valence-electron chi connectivity index (χ1n) is 5.74. The lowest BCUT2D eigenvalue weighted by molar-refractivity contribution is 0.942. The quantitative estimate of drug-likeness (QED) is 0.666. The average Bonchev–Trinajstić information content (AvgIpc) is 2.77. The largest absolute Gasteiger partial charge is 0.300 e. The molecule has 0 spiro atoms. The fourth-order valence-corrected chi connectivity index (χ4v) is 2.28. The second-order valence-corrected chi connectivity index (χ2v) is 4.62. The standard InChI is InChI=1S/C14H12ClN3/c1-9-13(15)14(17-10(2)16-9)18-8-7-11-5-3-4-6-12(11)18/h3-8H,1-2H3. The zero-order valence-electron chi connectivity index (χ0n) is 10.2. The van der Waals surface area contributed by atoms with Crippen LogP contribution in [0.25, 0.3) is 16.7 Å². The van der Waals surface area contributed by atoms with Gasteiger partial charge in [0, 0.05) is 6.20 Å². The molecular formula is C14H12ClN3. The van der Waals surface area contributed by atoms with Crippen molar-refractivity contribution in [2.45, 2.75) is 13.8 Å². The van der Waals surface area contributed by atoms with Gasteiger partial charge in [-0.3, -0.25) is 4.57 Å². The van der Waals surface area contributed by atoms with Gasteiger partial charge in [-0.05, 0) is 31.4 Å². The number of rotatable bonds is 1. The molecule has 1 aromatic carbocycles. The lowest BCUT2D eigenvalue weighted by Gasteiger charge is -2.09. The molecule has 0 aliphatic rings. The van der Waals surface area contributed by atoms with E-state index in [-0.39, 0.29) is 0 Å². The van der Waals surface area contributed by atoms with Crippen LogP contribution in [0, 0.1) is 13.8 Å². The van der Waals surface area contributed by atoms with Crippen LogP contribution in [0.3, 0.4) is 0 Å². The Balaban J connectivity index is 2.33. The summed E-state index contributed by atoms with van der Waals surface area (Å²) in [5, 5.41) is 1.77. The van der Waals surface area contributed by atoms with Gasteiger partial charge < -0.3 is 0 Å². The molecule has 3 nitrogen and oxygen atoms in total. The third-order valence-electron chi connectivity index (χ3n) is 2.94. The lowest BCUT2D eigenvalue weighted by Crippen LogP contribution is -2.02. The first-order valence-corrected chi connectivity index (χ1v) is 6.12. The van der Waals surface area contributed by atoms with Gasteiger partial charge in [0.15, 0.2) is 5.82 Å². The van der Waals surface area contributed by atoms with Crippen molar-refractivity contribution in [2.75, 3.05) is 0 Å². The number of benzene rings is 1. The number of hydrogen-bond donors (Lipinski definition) is 0. The van der Waals surface area contributed by atoms with Crippen LogP contribution in [0.2, 0.25) is 5.02 Å². The van der Waals surface area contributed by atoms with Crippen LogP contribution < -0.4 is 0 Å². The Hall–Kier alpha value is -1.87. The third kappa shape index (κ3) is 1.68. The number of hydrogen-bond acceptors (Lipinski definition) is 2. The summed E-state index contributed by atoms with van der Waals surface area (Å²) < 4.78 is 2.00. The van der Waals surface area contributed by atoms with Gasteiger partial charge in [-0.2, -0.15) is 0 Å². The zero-order valence-corrected chi connectivity index (χ0v) is 10.9. The van der Waals surface area contributed by atoms with Gasteiger partial charge in [-0.1, -0.05) is 29.8 Å². The molecule has 3 aromatic rings. The van der Waals surface area contributed by atoms with E-state index in [9.17, 15) is 0 Å². The average molecular weight is 258 g/mol. The van der Waals surface area contributed by atoms with Gasteiger partial charge in [0.25, 0.3) is 0 Å². The van der Waals surface area contributed by atoms with Gasteiger partial charge in [0.2, 0.25) is 0 Å². The summed E-state index contributed by atoms with van der Waals surface area (Å²) in [6.07, 6.45) is 1.98. The van der Waals surface area contributed by atoms with E-state index in [1.165, 1.54) is 5.39 Å². The lowest BCUT2D eigenvalue weighted by atomic mass is 10.2. The van der Waals surface area contributed by atoms with E-state index in [1.54, 1.807) is 0 Å². The van der Waals surface area contributed by atoms with Crippen molar-refractivity contribution in [3.8, 4) is 5.82 Å². The summed E-state index contributed by atoms with van der Waals surface area (Å²) in [6, 6.07) is 10.2. The number of fused-ring (bicyclic) bond motifs is 1. The van der Waals surface area contributed by atoms with Crippen molar-refractivity contribution < 1.29 is 0 Å². The Morgan fingerprint density at radius 1 is 1.06 bits per heavy atom. The fourth-order valence-electron chi connectivity index (χ4n) is 2.11. The topological polar surface area (TPSA) is 30.7 Å². The van der Waals surface area contributed by atoms with E-state index in [4.69, 9.17) is 11.6 Å². The highest BCUT2D eigenvalue weighted by atomic mass is 35.5. The molecule has 3 rings (SSSR count). The molecular weight excluding hydrogens is 246 g/mol. The van der Waals surface area contributed by atoms with Gasteiger partial charge in [-0.15, -0.1) is 0 Å². The maximum atomic E-state index is 6.31. The van der Waals surface area contributed by atoms with E-state index >= 15 is 0 Å². The van der Waals surface area contributed by atoms with E-state index in [1.807, 2.05) is 36.7 Å². The van der Waals surface area contributed by atoms with Crippen LogP contribution in [0.15, 0.2) is 36.5 Å². The Morgan fingerprint density at radius 3 is 2.67 bits per heavy atom. The maximum Gasteiger partial charge on any atom is 0.159 e. The second kappa shape index (κ2) is 4.10. The molecule has 0 fully saturated rings. The van der Waals surface area contributed by atoms with Crippen LogP contribution in [-0.2, 0) is 0 Å². The van der Waals surface area contributed by atoms with Gasteiger partial charge >= 0.3 is 0 Å². The molecule has 0 N–H and O–H groups in total. The summed E-state index contributed by atoms with van der Waals surface area (Å²) >= 11 is 6.31. The minimum absolute atomic E-state index is 0.599. The number of halogens is 1. The molecule has 0 saturated heterocycles. The Bertz CT molecular complexity index is 731. The second-order valence-electron chi connectivity index (χ2n) is 4.24. The number of aromatic nitrogens is 3. The third-order valence-corrected chi connectivity index (χ3v) is 3.38. The van der Waals surface area contributed by atoms with Gasteiger partial charge in [-0.25, -0.2) is 9.97 Å². The molecule has 0 bridgehead atoms. The highest BCUT2D eigenvalue weighted by Gasteiger charge is 2.11. The van der Waals surface area contributed by atoms with E-state index in [2.05, 4.69) is 28.2 Å².